The van der Waals surface area contributed by atoms with Crippen molar-refractivity contribution in [2.75, 3.05) is 7.11 Å². The highest BCUT2D eigenvalue weighted by Crippen LogP contribution is 2.41. The second kappa shape index (κ2) is 4.63. The zero-order chi connectivity index (χ0) is 15.3. The molecule has 1 aromatic heterocycles. The first-order chi connectivity index (χ1) is 10.7. The number of hydrogen-bond donors (Lipinski definition) is 0. The summed E-state index contributed by atoms with van der Waals surface area (Å²) in [6.45, 7) is 2.32. The summed E-state index contributed by atoms with van der Waals surface area (Å²) in [6.07, 6.45) is 0. The fourth-order valence-corrected chi connectivity index (χ4v) is 2.93. The van der Waals surface area contributed by atoms with Crippen molar-refractivity contribution in [3.63, 3.8) is 0 Å². The van der Waals surface area contributed by atoms with E-state index in [-0.39, 0.29) is 5.63 Å². The van der Waals surface area contributed by atoms with Gasteiger partial charge < -0.3 is 13.9 Å². The summed E-state index contributed by atoms with van der Waals surface area (Å²) >= 11 is 0. The van der Waals surface area contributed by atoms with Crippen molar-refractivity contribution in [1.29, 1.82) is 0 Å². The van der Waals surface area contributed by atoms with Crippen LogP contribution in [0.2, 0.25) is 0 Å². The van der Waals surface area contributed by atoms with E-state index in [0.29, 0.717) is 23.5 Å². The number of fused-ring (bicyclic) bond motifs is 5. The fraction of sp³-hybridized carbons (Fsp3) is 0.167. The predicted octanol–water partition coefficient (Wildman–Crippen LogP) is 3.67. The van der Waals surface area contributed by atoms with Crippen molar-refractivity contribution < 1.29 is 13.9 Å². The highest BCUT2D eigenvalue weighted by atomic mass is 16.5. The van der Waals surface area contributed by atoms with E-state index in [1.165, 1.54) is 0 Å². The molecule has 0 spiro atoms. The van der Waals surface area contributed by atoms with Crippen molar-refractivity contribution in [2.24, 2.45) is 0 Å². The third-order valence-electron chi connectivity index (χ3n) is 4.04. The minimum absolute atomic E-state index is 0.372. The lowest BCUT2D eigenvalue weighted by Crippen LogP contribution is -2.14. The van der Waals surface area contributed by atoms with E-state index in [0.717, 1.165) is 27.8 Å². The summed E-state index contributed by atoms with van der Waals surface area (Å²) in [5, 5.41) is 0.830. The molecule has 0 atom stereocenters. The van der Waals surface area contributed by atoms with E-state index in [4.69, 9.17) is 13.9 Å². The Morgan fingerprint density at radius 3 is 2.86 bits per heavy atom. The average Bonchev–Trinajstić information content (AvgIpc) is 2.55. The van der Waals surface area contributed by atoms with Crippen LogP contribution in [-0.4, -0.2) is 7.11 Å². The zero-order valence-corrected chi connectivity index (χ0v) is 12.3. The third-order valence-corrected chi connectivity index (χ3v) is 4.04. The molecular weight excluding hydrogens is 280 g/mol. The first-order valence-electron chi connectivity index (χ1n) is 7.05. The van der Waals surface area contributed by atoms with E-state index in [1.54, 1.807) is 7.11 Å². The maximum absolute atomic E-state index is 12.5. The fourth-order valence-electron chi connectivity index (χ4n) is 2.93. The summed E-state index contributed by atoms with van der Waals surface area (Å²) in [4.78, 5) is 12.5. The van der Waals surface area contributed by atoms with Gasteiger partial charge in [-0.3, -0.25) is 0 Å². The Bertz CT molecular complexity index is 953. The van der Waals surface area contributed by atoms with E-state index in [9.17, 15) is 4.79 Å². The molecule has 0 radical (unpaired) electrons. The van der Waals surface area contributed by atoms with E-state index in [1.807, 2.05) is 43.3 Å². The molecule has 0 aliphatic carbocycles. The van der Waals surface area contributed by atoms with Crippen molar-refractivity contribution in [3.8, 4) is 22.6 Å². The van der Waals surface area contributed by atoms with Crippen LogP contribution in [0.5, 0.6) is 11.5 Å². The second-order valence-corrected chi connectivity index (χ2v) is 5.36. The topological polar surface area (TPSA) is 48.7 Å². The number of rotatable bonds is 1. The molecule has 1 aliphatic heterocycles. The van der Waals surface area contributed by atoms with Gasteiger partial charge in [0.1, 0.15) is 29.3 Å². The first kappa shape index (κ1) is 13.0. The summed E-state index contributed by atoms with van der Waals surface area (Å²) in [6, 6.07) is 11.4. The van der Waals surface area contributed by atoms with Gasteiger partial charge in [0.05, 0.1) is 12.5 Å². The van der Waals surface area contributed by atoms with Crippen LogP contribution >= 0.6 is 0 Å². The Labute approximate surface area is 126 Å². The predicted molar refractivity (Wildman–Crippen MR) is 83.5 cm³/mol. The van der Waals surface area contributed by atoms with Crippen LogP contribution in [0.25, 0.3) is 22.1 Å². The molecule has 4 rings (SSSR count). The molecule has 4 heteroatoms. The first-order valence-corrected chi connectivity index (χ1v) is 7.05. The molecule has 0 fully saturated rings. The number of hydrogen-bond acceptors (Lipinski definition) is 4. The van der Waals surface area contributed by atoms with Gasteiger partial charge in [-0.15, -0.1) is 0 Å². The molecule has 110 valence electrons. The molecule has 4 nitrogen and oxygen atoms in total. The Balaban J connectivity index is 2.08. The maximum Gasteiger partial charge on any atom is 0.348 e. The van der Waals surface area contributed by atoms with Crippen LogP contribution in [0.15, 0.2) is 45.6 Å². The average molecular weight is 294 g/mol. The van der Waals surface area contributed by atoms with E-state index < -0.39 is 0 Å². The molecule has 0 bridgehead atoms. The molecule has 2 aromatic carbocycles. The van der Waals surface area contributed by atoms with Crippen LogP contribution in [0.3, 0.4) is 0 Å². The smallest absolute Gasteiger partial charge is 0.348 e. The van der Waals surface area contributed by atoms with Gasteiger partial charge in [-0.1, -0.05) is 12.1 Å². The molecule has 0 unspecified atom stereocenters. The van der Waals surface area contributed by atoms with Gasteiger partial charge in [-0.05, 0) is 42.3 Å². The maximum atomic E-state index is 12.5. The molecular formula is C18H14O4. The lowest BCUT2D eigenvalue weighted by molar-refractivity contribution is 0.302. The Morgan fingerprint density at radius 1 is 1.18 bits per heavy atom. The minimum Gasteiger partial charge on any atom is -0.497 e. The van der Waals surface area contributed by atoms with Crippen LogP contribution in [0, 0.1) is 6.92 Å². The number of methoxy groups -OCH3 is 1. The van der Waals surface area contributed by atoms with Crippen molar-refractivity contribution >= 4 is 11.0 Å². The lowest BCUT2D eigenvalue weighted by atomic mass is 9.96. The minimum atomic E-state index is -0.372. The Hall–Kier alpha value is -2.75. The highest BCUT2D eigenvalue weighted by molar-refractivity contribution is 5.93. The Morgan fingerprint density at radius 2 is 2.05 bits per heavy atom. The quantitative estimate of drug-likeness (QED) is 0.642. The molecule has 0 saturated carbocycles. The highest BCUT2D eigenvalue weighted by Gasteiger charge is 2.25. The summed E-state index contributed by atoms with van der Waals surface area (Å²) in [5.74, 6) is 1.35. The largest absolute Gasteiger partial charge is 0.497 e. The summed E-state index contributed by atoms with van der Waals surface area (Å²) < 4.78 is 16.6. The number of benzene rings is 2. The Kier molecular flexibility index (Phi) is 2.73. The number of para-hydroxylation sites is 1. The lowest BCUT2D eigenvalue weighted by Gasteiger charge is -2.21. The van der Waals surface area contributed by atoms with Crippen molar-refractivity contribution in [1.82, 2.24) is 0 Å². The van der Waals surface area contributed by atoms with E-state index in [2.05, 4.69) is 0 Å². The van der Waals surface area contributed by atoms with E-state index >= 15 is 0 Å². The number of aryl methyl sites for hydroxylation is 1. The standard InChI is InChI=1S/C18H14O4/c1-10-4-3-5-14-16(10)22-18(19)15-13-7-6-12(20-2)8-11(13)9-21-17(14)15/h3-8H,9H2,1-2H3. The van der Waals surface area contributed by atoms with Crippen LogP contribution in [-0.2, 0) is 6.61 Å². The van der Waals surface area contributed by atoms with Gasteiger partial charge in [0.25, 0.3) is 0 Å². The summed E-state index contributed by atoms with van der Waals surface area (Å²) in [7, 11) is 1.62. The van der Waals surface area contributed by atoms with Gasteiger partial charge >= 0.3 is 5.63 Å². The molecule has 1 aliphatic rings. The molecule has 3 aromatic rings. The monoisotopic (exact) mass is 294 g/mol. The normalized spacial score (nSPS) is 12.5. The van der Waals surface area contributed by atoms with Gasteiger partial charge in [0.2, 0.25) is 0 Å². The van der Waals surface area contributed by atoms with Gasteiger partial charge in [-0.25, -0.2) is 4.79 Å². The summed E-state index contributed by atoms with van der Waals surface area (Å²) in [5.41, 5.74) is 3.39. The van der Waals surface area contributed by atoms with Crippen LogP contribution in [0.4, 0.5) is 0 Å². The number of ether oxygens (including phenoxy) is 2. The van der Waals surface area contributed by atoms with Gasteiger partial charge in [0.15, 0.2) is 0 Å². The molecule has 2 heterocycles. The van der Waals surface area contributed by atoms with Crippen LogP contribution in [0.1, 0.15) is 11.1 Å². The van der Waals surface area contributed by atoms with Crippen LogP contribution < -0.4 is 15.1 Å². The zero-order valence-electron chi connectivity index (χ0n) is 12.3. The van der Waals surface area contributed by atoms with Gasteiger partial charge in [0, 0.05) is 5.56 Å². The van der Waals surface area contributed by atoms with Crippen molar-refractivity contribution in [2.45, 2.75) is 13.5 Å². The third kappa shape index (κ3) is 1.73. The second-order valence-electron chi connectivity index (χ2n) is 5.36. The SMILES string of the molecule is COc1ccc2c(c1)COc1c-2c(=O)oc2c(C)cccc12. The van der Waals surface area contributed by atoms with Crippen molar-refractivity contribution in [3.05, 3.63) is 57.9 Å². The molecule has 0 saturated heterocycles. The molecule has 22 heavy (non-hydrogen) atoms. The van der Waals surface area contributed by atoms with Gasteiger partial charge in [-0.2, -0.15) is 0 Å². The molecule has 0 amide bonds. The molecule has 0 N–H and O–H groups in total.